The van der Waals surface area contributed by atoms with Gasteiger partial charge in [-0.1, -0.05) is 0 Å². The van der Waals surface area contributed by atoms with Crippen molar-refractivity contribution in [2.75, 3.05) is 12.8 Å². The Morgan fingerprint density at radius 2 is 1.10 bits per heavy atom. The summed E-state index contributed by atoms with van der Waals surface area (Å²) in [7, 11) is 0. The molecule has 0 aliphatic rings. The molecule has 4 rings (SSSR count). The van der Waals surface area contributed by atoms with Crippen molar-refractivity contribution in [3.63, 3.8) is 0 Å². The van der Waals surface area contributed by atoms with Gasteiger partial charge in [-0.05, 0) is 0 Å². The fourth-order valence-corrected chi connectivity index (χ4v) is 12.8. The van der Waals surface area contributed by atoms with E-state index in [9.17, 15) is 9.59 Å². The summed E-state index contributed by atoms with van der Waals surface area (Å²) in [5, 5.41) is 1.06. The van der Waals surface area contributed by atoms with Gasteiger partial charge in [0.25, 0.3) is 0 Å². The monoisotopic (exact) mass is 604 g/mol. The maximum atomic E-state index is 12.6. The SMILES string of the molecule is CC(=O)Oc1ccccc1C(=O)OCCCCCCP(Br)(c1ccccc1)(c1ccccc1)c1ccccc1. The second-order valence-electron chi connectivity index (χ2n) is 9.55. The van der Waals surface area contributed by atoms with Crippen molar-refractivity contribution in [1.82, 2.24) is 0 Å². The molecule has 39 heavy (non-hydrogen) atoms. The van der Waals surface area contributed by atoms with Gasteiger partial charge in [-0.15, -0.1) is 0 Å². The molecular weight excluding hydrogens is 571 g/mol. The van der Waals surface area contributed by atoms with Crippen LogP contribution < -0.4 is 20.7 Å². The van der Waals surface area contributed by atoms with Crippen LogP contribution in [-0.2, 0) is 9.53 Å². The van der Waals surface area contributed by atoms with Gasteiger partial charge in [0, 0.05) is 6.92 Å². The molecule has 0 atom stereocenters. The first-order chi connectivity index (χ1) is 18.9. The van der Waals surface area contributed by atoms with Crippen LogP contribution in [0.1, 0.15) is 43.0 Å². The Kier molecular flexibility index (Phi) is 9.72. The maximum absolute atomic E-state index is 12.6. The molecule has 0 spiro atoms. The minimum absolute atomic E-state index is 0.223. The normalized spacial score (nSPS) is 12.2. The van der Waals surface area contributed by atoms with E-state index in [1.165, 1.54) is 22.8 Å². The Morgan fingerprint density at radius 3 is 1.62 bits per heavy atom. The summed E-state index contributed by atoms with van der Waals surface area (Å²) in [6.45, 7) is 1.63. The van der Waals surface area contributed by atoms with Crippen molar-refractivity contribution in [3.05, 3.63) is 121 Å². The third kappa shape index (κ3) is 6.49. The molecule has 6 heteroatoms. The van der Waals surface area contributed by atoms with Crippen LogP contribution in [0.3, 0.4) is 0 Å². The van der Waals surface area contributed by atoms with Gasteiger partial charge in [0.15, 0.2) is 0 Å². The van der Waals surface area contributed by atoms with E-state index in [4.69, 9.17) is 9.47 Å². The quantitative estimate of drug-likeness (QED) is 0.0744. The van der Waals surface area contributed by atoms with Crippen LogP contribution in [0.5, 0.6) is 5.75 Å². The van der Waals surface area contributed by atoms with Gasteiger partial charge in [-0.2, -0.15) is 0 Å². The Labute approximate surface area is 239 Å². The van der Waals surface area contributed by atoms with Crippen molar-refractivity contribution in [1.29, 1.82) is 0 Å². The molecule has 0 saturated heterocycles. The molecule has 0 amide bonds. The molecule has 0 bridgehead atoms. The molecule has 202 valence electrons. The van der Waals surface area contributed by atoms with Crippen molar-refractivity contribution in [2.24, 2.45) is 0 Å². The van der Waals surface area contributed by atoms with Crippen LogP contribution in [-0.4, -0.2) is 24.7 Å². The Balaban J connectivity index is 1.43. The van der Waals surface area contributed by atoms with Crippen LogP contribution in [0, 0.1) is 0 Å². The van der Waals surface area contributed by atoms with Gasteiger partial charge >= 0.3 is 228 Å². The summed E-state index contributed by atoms with van der Waals surface area (Å²) in [5.41, 5.74) is 0.262. The third-order valence-corrected chi connectivity index (χ3v) is 17.0. The molecule has 0 radical (unpaired) electrons. The van der Waals surface area contributed by atoms with Crippen molar-refractivity contribution in [2.45, 2.75) is 32.6 Å². The van der Waals surface area contributed by atoms with E-state index in [1.54, 1.807) is 24.3 Å². The second-order valence-corrected chi connectivity index (χ2v) is 18.6. The zero-order valence-electron chi connectivity index (χ0n) is 22.2. The minimum atomic E-state index is -2.90. The zero-order chi connectivity index (χ0) is 27.6. The fourth-order valence-electron chi connectivity index (χ4n) is 5.04. The van der Waals surface area contributed by atoms with Crippen LogP contribution in [0.4, 0.5) is 0 Å². The summed E-state index contributed by atoms with van der Waals surface area (Å²) in [6, 6.07) is 39.1. The summed E-state index contributed by atoms with van der Waals surface area (Å²) in [5.74, 6) is -0.725. The van der Waals surface area contributed by atoms with Crippen LogP contribution >= 0.6 is 20.8 Å². The van der Waals surface area contributed by atoms with Crippen LogP contribution in [0.25, 0.3) is 0 Å². The molecule has 0 aliphatic heterocycles. The van der Waals surface area contributed by atoms with Crippen LogP contribution in [0.15, 0.2) is 115 Å². The number of esters is 2. The number of rotatable bonds is 12. The summed E-state index contributed by atoms with van der Waals surface area (Å²) in [4.78, 5) is 23.9. The zero-order valence-corrected chi connectivity index (χ0v) is 24.7. The van der Waals surface area contributed by atoms with E-state index in [0.717, 1.165) is 31.8 Å². The van der Waals surface area contributed by atoms with Gasteiger partial charge in [-0.25, -0.2) is 0 Å². The van der Waals surface area contributed by atoms with Gasteiger partial charge in [0.05, 0.1) is 0 Å². The predicted octanol–water partition coefficient (Wildman–Crippen LogP) is 7.17. The molecule has 0 fully saturated rings. The molecule has 0 N–H and O–H groups in total. The number of ether oxygens (including phenoxy) is 2. The number of unbranched alkanes of at least 4 members (excludes halogenated alkanes) is 3. The fraction of sp³-hybridized carbons (Fsp3) is 0.212. The molecule has 0 aromatic heterocycles. The predicted molar refractivity (Wildman–Crippen MR) is 165 cm³/mol. The van der Waals surface area contributed by atoms with Crippen molar-refractivity contribution < 1.29 is 19.1 Å². The summed E-state index contributed by atoms with van der Waals surface area (Å²) in [6.07, 6.45) is 4.72. The molecule has 4 aromatic rings. The van der Waals surface area contributed by atoms with E-state index in [0.29, 0.717) is 6.61 Å². The average molecular weight is 606 g/mol. The number of halogens is 1. The first-order valence-electron chi connectivity index (χ1n) is 13.3. The third-order valence-electron chi connectivity index (χ3n) is 6.95. The second kappa shape index (κ2) is 13.2. The summed E-state index contributed by atoms with van der Waals surface area (Å²) < 4.78 is 10.6. The Hall–Kier alpha value is -3.27. The van der Waals surface area contributed by atoms with E-state index >= 15 is 0 Å². The van der Waals surface area contributed by atoms with Gasteiger partial charge in [0.2, 0.25) is 0 Å². The Morgan fingerprint density at radius 1 is 0.641 bits per heavy atom. The standard InChI is InChI=1S/C33H34BrO4P/c1-27(35)38-32-24-14-13-23-31(32)33(36)37-25-15-2-3-16-26-39(34,28-17-7-4-8-18-28,29-19-9-5-10-20-29)30-21-11-6-12-22-30/h4-14,17-24H,2-3,15-16,25-26H2,1H3. The van der Waals surface area contributed by atoms with E-state index in [-0.39, 0.29) is 11.3 Å². The Bertz CT molecular complexity index is 1280. The first kappa shape index (κ1) is 28.7. The molecule has 4 aromatic carbocycles. The number of benzene rings is 4. The first-order valence-corrected chi connectivity index (χ1v) is 17.7. The van der Waals surface area contributed by atoms with E-state index in [1.807, 2.05) is 0 Å². The molecule has 4 nitrogen and oxygen atoms in total. The molecule has 0 aliphatic carbocycles. The van der Waals surface area contributed by atoms with Crippen molar-refractivity contribution >= 4 is 48.6 Å². The molecule has 0 saturated carbocycles. The average Bonchev–Trinajstić information content (AvgIpc) is 2.98. The van der Waals surface area contributed by atoms with Gasteiger partial charge < -0.3 is 0 Å². The summed E-state index contributed by atoms with van der Waals surface area (Å²) >= 11 is 4.49. The molecule has 0 heterocycles. The van der Waals surface area contributed by atoms with Gasteiger partial charge in [0.1, 0.15) is 0 Å². The van der Waals surface area contributed by atoms with Gasteiger partial charge in [-0.3, -0.25) is 4.79 Å². The van der Waals surface area contributed by atoms with Crippen LogP contribution in [0.2, 0.25) is 0 Å². The number of hydrogen-bond donors (Lipinski definition) is 0. The van der Waals surface area contributed by atoms with Crippen molar-refractivity contribution in [3.8, 4) is 5.75 Å². The topological polar surface area (TPSA) is 52.6 Å². The molecule has 0 unspecified atom stereocenters. The molecular formula is C33H34BrO4P. The number of hydrogen-bond acceptors (Lipinski definition) is 4. The van der Waals surface area contributed by atoms with E-state index < -0.39 is 17.2 Å². The number of para-hydroxylation sites is 1. The number of carbonyl (C=O) groups is 2. The number of carbonyl (C=O) groups excluding carboxylic acids is 2. The van der Waals surface area contributed by atoms with E-state index in [2.05, 4.69) is 106 Å².